The molecule has 0 saturated heterocycles. The molecular weight excluding hydrogens is 435 g/mol. The molecule has 158 valence electrons. The number of benzene rings is 1. The lowest BCUT2D eigenvalue weighted by atomic mass is 10.2. The van der Waals surface area contributed by atoms with E-state index in [1.807, 2.05) is 13.0 Å². The molecule has 2 rings (SSSR count). The van der Waals surface area contributed by atoms with Gasteiger partial charge in [-0.2, -0.15) is 0 Å². The molecule has 29 heavy (non-hydrogen) atoms. The van der Waals surface area contributed by atoms with Crippen molar-refractivity contribution in [1.29, 1.82) is 0 Å². The Labute approximate surface area is 184 Å². The third-order valence-corrected chi connectivity index (χ3v) is 4.77. The fourth-order valence-electron chi connectivity index (χ4n) is 1.87. The molecule has 0 amide bonds. The lowest BCUT2D eigenvalue weighted by Crippen LogP contribution is -2.26. The second-order valence-corrected chi connectivity index (χ2v) is 7.27. The second kappa shape index (κ2) is 13.2. The van der Waals surface area contributed by atoms with Crippen LogP contribution in [-0.4, -0.2) is 43.0 Å². The van der Waals surface area contributed by atoms with E-state index in [1.165, 1.54) is 18.1 Å². The predicted molar refractivity (Wildman–Crippen MR) is 120 cm³/mol. The van der Waals surface area contributed by atoms with Crippen molar-refractivity contribution >= 4 is 53.0 Å². The zero-order chi connectivity index (χ0) is 21.8. The highest BCUT2D eigenvalue weighted by molar-refractivity contribution is 8.00. The number of hydrogen-bond donors (Lipinski definition) is 3. The zero-order valence-electron chi connectivity index (χ0n) is 16.4. The summed E-state index contributed by atoms with van der Waals surface area (Å²) >= 11 is 13.2. The fourth-order valence-corrected chi connectivity index (χ4v) is 2.95. The van der Waals surface area contributed by atoms with Crippen LogP contribution in [0.15, 0.2) is 40.5 Å². The van der Waals surface area contributed by atoms with Gasteiger partial charge in [0.25, 0.3) is 0 Å². The maximum absolute atomic E-state index is 11.0. The molecule has 1 heterocycles. The van der Waals surface area contributed by atoms with Crippen LogP contribution < -0.4 is 16.3 Å². The van der Waals surface area contributed by atoms with Crippen LogP contribution in [0.5, 0.6) is 0 Å². The van der Waals surface area contributed by atoms with Crippen LogP contribution in [-0.2, 0) is 11.2 Å². The van der Waals surface area contributed by atoms with E-state index in [0.717, 1.165) is 22.9 Å². The van der Waals surface area contributed by atoms with Gasteiger partial charge in [0.15, 0.2) is 6.29 Å². The van der Waals surface area contributed by atoms with E-state index < -0.39 is 0 Å². The number of aromatic nitrogens is 1. The number of carbonyl (C=O) groups excluding carboxylic acids is 1. The highest BCUT2D eigenvalue weighted by Gasteiger charge is 2.09. The van der Waals surface area contributed by atoms with Gasteiger partial charge in [-0.1, -0.05) is 23.2 Å². The smallest absolute Gasteiger partial charge is 0.151 e. The molecule has 5 N–H and O–H groups in total. The molecule has 11 heteroatoms. The number of nitrogens with two attached hydrogens (primary N) is 2. The van der Waals surface area contributed by atoms with Gasteiger partial charge in [-0.15, -0.1) is 5.10 Å². The normalized spacial score (nSPS) is 10.8. The topological polar surface area (TPSA) is 119 Å². The van der Waals surface area contributed by atoms with Crippen LogP contribution in [0.2, 0.25) is 10.0 Å². The molecule has 0 unspecified atom stereocenters. The van der Waals surface area contributed by atoms with Crippen molar-refractivity contribution in [1.82, 2.24) is 10.1 Å². The Kier molecular flexibility index (Phi) is 11.4. The van der Waals surface area contributed by atoms with Crippen LogP contribution in [0, 0.1) is 0 Å². The number of aldehydes is 1. The summed E-state index contributed by atoms with van der Waals surface area (Å²) in [5.74, 6) is 5.74. The number of nitrogens with one attached hydrogen (secondary N) is 1. The van der Waals surface area contributed by atoms with Crippen molar-refractivity contribution < 1.29 is 9.53 Å². The third kappa shape index (κ3) is 9.33. The van der Waals surface area contributed by atoms with E-state index in [-0.39, 0.29) is 6.42 Å². The minimum atomic E-state index is 0.269. The molecule has 0 fully saturated rings. The summed E-state index contributed by atoms with van der Waals surface area (Å²) in [5, 5.41) is 5.98. The van der Waals surface area contributed by atoms with Crippen LogP contribution in [0.3, 0.4) is 0 Å². The molecule has 0 saturated carbocycles. The van der Waals surface area contributed by atoms with E-state index in [4.69, 9.17) is 34.8 Å². The van der Waals surface area contributed by atoms with Crippen molar-refractivity contribution in [3.8, 4) is 0 Å². The van der Waals surface area contributed by atoms with Gasteiger partial charge in [0, 0.05) is 37.4 Å². The van der Waals surface area contributed by atoms with Gasteiger partial charge in [0.1, 0.15) is 5.84 Å². The quantitative estimate of drug-likeness (QED) is 0.137. The van der Waals surface area contributed by atoms with E-state index >= 15 is 0 Å². The largest absolute Gasteiger partial charge is 0.385 e. The minimum Gasteiger partial charge on any atom is -0.385 e. The van der Waals surface area contributed by atoms with Gasteiger partial charge in [0.05, 0.1) is 27.8 Å². The lowest BCUT2D eigenvalue weighted by Gasteiger charge is -2.12. The molecule has 0 radical (unpaired) electrons. The van der Waals surface area contributed by atoms with Gasteiger partial charge in [0.2, 0.25) is 0 Å². The first-order valence-electron chi connectivity index (χ1n) is 8.43. The van der Waals surface area contributed by atoms with Crippen LogP contribution in [0.25, 0.3) is 0 Å². The number of nitrogens with zero attached hydrogens (tertiary/aromatic N) is 3. The summed E-state index contributed by atoms with van der Waals surface area (Å²) in [6.07, 6.45) is 2.46. The molecule has 2 aromatic rings. The first-order chi connectivity index (χ1) is 13.8. The SMILES string of the molecule is CCOC.CN(N)/N=C(\N)Cc1ncc(C=O)cc1NSc1ccc(Cl)c(Cl)c1. The minimum absolute atomic E-state index is 0.269. The first kappa shape index (κ1) is 25.0. The number of pyridine rings is 1. The number of hydrazone groups is 1. The summed E-state index contributed by atoms with van der Waals surface area (Å²) in [6, 6.07) is 6.94. The summed E-state index contributed by atoms with van der Waals surface area (Å²) < 4.78 is 7.69. The Morgan fingerprint density at radius 3 is 2.62 bits per heavy atom. The molecule has 0 atom stereocenters. The Morgan fingerprint density at radius 1 is 1.38 bits per heavy atom. The Bertz CT molecular complexity index is 834. The van der Waals surface area contributed by atoms with E-state index in [2.05, 4.69) is 19.5 Å². The molecule has 0 spiro atoms. The fraction of sp³-hybridized carbons (Fsp3) is 0.278. The summed E-state index contributed by atoms with van der Waals surface area (Å²) in [6.45, 7) is 2.78. The summed E-state index contributed by atoms with van der Waals surface area (Å²) in [7, 11) is 3.25. The predicted octanol–water partition coefficient (Wildman–Crippen LogP) is 3.59. The summed E-state index contributed by atoms with van der Waals surface area (Å²) in [4.78, 5) is 16.1. The Balaban J connectivity index is 0.000000960. The maximum Gasteiger partial charge on any atom is 0.151 e. The van der Waals surface area contributed by atoms with E-state index in [0.29, 0.717) is 32.8 Å². The van der Waals surface area contributed by atoms with Crippen molar-refractivity contribution in [2.24, 2.45) is 16.7 Å². The zero-order valence-corrected chi connectivity index (χ0v) is 18.7. The van der Waals surface area contributed by atoms with Gasteiger partial charge >= 0.3 is 0 Å². The van der Waals surface area contributed by atoms with E-state index in [9.17, 15) is 4.79 Å². The number of anilines is 1. The number of amidine groups is 1. The van der Waals surface area contributed by atoms with Crippen LogP contribution in [0.1, 0.15) is 23.0 Å². The maximum atomic E-state index is 11.0. The number of rotatable bonds is 8. The number of hydrazine groups is 1. The van der Waals surface area contributed by atoms with Crippen LogP contribution in [0.4, 0.5) is 5.69 Å². The number of hydrogen-bond acceptors (Lipinski definition) is 8. The van der Waals surface area contributed by atoms with Crippen molar-refractivity contribution in [2.75, 3.05) is 25.5 Å². The Hall–Kier alpha value is -2.04. The first-order valence-corrected chi connectivity index (χ1v) is 10.00. The molecule has 1 aromatic heterocycles. The molecule has 0 bridgehead atoms. The van der Waals surface area contributed by atoms with Gasteiger partial charge in [-0.05, 0) is 43.1 Å². The molecule has 0 aliphatic heterocycles. The standard InChI is InChI=1S/C15H16Cl2N6OS.C3H8O/c1-23(19)21-15(18)6-13-14(4-9(8-24)7-20-13)22-25-10-2-3-11(16)12(17)5-10;1-3-4-2/h2-5,7-8,22H,6,19H2,1H3,(H2,18,21);3H2,1-2H3. The number of carbonyl (C=O) groups is 1. The monoisotopic (exact) mass is 458 g/mol. The highest BCUT2D eigenvalue weighted by atomic mass is 35.5. The van der Waals surface area contributed by atoms with Crippen LogP contribution >= 0.6 is 35.1 Å². The van der Waals surface area contributed by atoms with Gasteiger partial charge in [-0.25, -0.2) is 11.0 Å². The lowest BCUT2D eigenvalue weighted by molar-refractivity contribution is 0.112. The molecule has 0 aliphatic carbocycles. The second-order valence-electron chi connectivity index (χ2n) is 5.58. The van der Waals surface area contributed by atoms with Gasteiger partial charge in [-0.3, -0.25) is 9.78 Å². The van der Waals surface area contributed by atoms with E-state index in [1.54, 1.807) is 32.4 Å². The molecule has 1 aromatic carbocycles. The highest BCUT2D eigenvalue weighted by Crippen LogP contribution is 2.29. The van der Waals surface area contributed by atoms with Crippen molar-refractivity contribution in [3.05, 3.63) is 51.8 Å². The summed E-state index contributed by atoms with van der Waals surface area (Å²) in [5.41, 5.74) is 7.54. The third-order valence-electron chi connectivity index (χ3n) is 3.22. The number of halogens is 2. The van der Waals surface area contributed by atoms with Gasteiger partial charge < -0.3 is 15.2 Å². The van der Waals surface area contributed by atoms with Crippen molar-refractivity contribution in [3.63, 3.8) is 0 Å². The number of ether oxygens (including phenoxy) is 1. The van der Waals surface area contributed by atoms with Crippen molar-refractivity contribution in [2.45, 2.75) is 18.2 Å². The molecule has 8 nitrogen and oxygen atoms in total. The molecular formula is C18H24Cl2N6O2S. The average molecular weight is 459 g/mol. The Morgan fingerprint density at radius 2 is 2.07 bits per heavy atom. The average Bonchev–Trinajstić information content (AvgIpc) is 2.69. The number of methoxy groups -OCH3 is 1. The molecule has 0 aliphatic rings.